The van der Waals surface area contributed by atoms with E-state index >= 15 is 0 Å². The number of sulfone groups is 1. The van der Waals surface area contributed by atoms with Crippen LogP contribution in [0.4, 0.5) is 4.39 Å². The zero-order valence-corrected chi connectivity index (χ0v) is 15.9. The fourth-order valence-electron chi connectivity index (χ4n) is 2.61. The molecule has 2 aromatic carbocycles. The van der Waals surface area contributed by atoms with Gasteiger partial charge in [0, 0.05) is 12.2 Å². The lowest BCUT2D eigenvalue weighted by molar-refractivity contribution is 0.295. The molecule has 0 aliphatic carbocycles. The van der Waals surface area contributed by atoms with Crippen LogP contribution in [0.3, 0.4) is 0 Å². The van der Waals surface area contributed by atoms with Gasteiger partial charge in [0.05, 0.1) is 19.4 Å². The Balaban J connectivity index is 1.84. The zero-order valence-electron chi connectivity index (χ0n) is 15.1. The van der Waals surface area contributed by atoms with Crippen LogP contribution in [0.2, 0.25) is 0 Å². The Bertz CT molecular complexity index is 1050. The molecule has 1 heterocycles. The van der Waals surface area contributed by atoms with Crippen molar-refractivity contribution in [3.63, 3.8) is 0 Å². The second-order valence-electron chi connectivity index (χ2n) is 6.03. The summed E-state index contributed by atoms with van der Waals surface area (Å²) in [4.78, 5) is 1.41. The fraction of sp³-hybridized carbons (Fsp3) is 0.278. The summed E-state index contributed by atoms with van der Waals surface area (Å²) < 4.78 is 43.0. The number of ether oxygens (including phenoxy) is 1. The highest BCUT2D eigenvalue weighted by atomic mass is 32.2. The van der Waals surface area contributed by atoms with Crippen LogP contribution < -0.4 is 4.74 Å². The van der Waals surface area contributed by atoms with Crippen molar-refractivity contribution >= 4 is 9.84 Å². The van der Waals surface area contributed by atoms with Gasteiger partial charge in [0.15, 0.2) is 9.84 Å². The molecule has 0 spiro atoms. The molecule has 0 unspecified atom stereocenters. The summed E-state index contributed by atoms with van der Waals surface area (Å²) in [5, 5.41) is 21.1. The Kier molecular flexibility index (Phi) is 6.00. The molecule has 0 radical (unpaired) electrons. The second kappa shape index (κ2) is 8.44. The molecular weight excluding hydrogens is 387 g/mol. The molecular formula is C18H19FN4O4S. The summed E-state index contributed by atoms with van der Waals surface area (Å²) in [5.41, 5.74) is 1.36. The van der Waals surface area contributed by atoms with Crippen molar-refractivity contribution in [2.45, 2.75) is 17.9 Å². The van der Waals surface area contributed by atoms with E-state index in [-0.39, 0.29) is 35.2 Å². The van der Waals surface area contributed by atoms with Crippen molar-refractivity contribution in [1.82, 2.24) is 20.2 Å². The highest BCUT2D eigenvalue weighted by Gasteiger charge is 2.20. The van der Waals surface area contributed by atoms with E-state index < -0.39 is 9.84 Å². The summed E-state index contributed by atoms with van der Waals surface area (Å²) >= 11 is 0. The molecule has 148 valence electrons. The molecule has 0 amide bonds. The number of nitrogens with zero attached hydrogens (tertiary/aromatic N) is 4. The summed E-state index contributed by atoms with van der Waals surface area (Å²) in [6.07, 6.45) is 0.145. The molecule has 28 heavy (non-hydrogen) atoms. The largest absolute Gasteiger partial charge is 0.495 e. The lowest BCUT2D eigenvalue weighted by Crippen LogP contribution is -2.10. The monoisotopic (exact) mass is 406 g/mol. The standard InChI is InChI=1S/C18H19FN4O4S/c1-27-16-11-14(5-8-17(16)28(25,26)10-2-9-24)18-20-22-23(21-18)12-13-3-6-15(19)7-4-13/h3-8,11,24H,2,9-10,12H2,1H3. The number of halogens is 1. The summed E-state index contributed by atoms with van der Waals surface area (Å²) in [6, 6.07) is 10.5. The number of aliphatic hydroxyl groups is 1. The summed E-state index contributed by atoms with van der Waals surface area (Å²) in [7, 11) is -2.20. The number of aromatic nitrogens is 4. The van der Waals surface area contributed by atoms with Crippen LogP contribution in [0.25, 0.3) is 11.4 Å². The maximum Gasteiger partial charge on any atom is 0.205 e. The van der Waals surface area contributed by atoms with Gasteiger partial charge in [0.1, 0.15) is 16.5 Å². The molecule has 0 saturated carbocycles. The topological polar surface area (TPSA) is 107 Å². The van der Waals surface area contributed by atoms with Crippen LogP contribution in [-0.4, -0.2) is 53.2 Å². The van der Waals surface area contributed by atoms with Gasteiger partial charge in [0.2, 0.25) is 5.82 Å². The van der Waals surface area contributed by atoms with E-state index in [1.54, 1.807) is 18.2 Å². The van der Waals surface area contributed by atoms with Crippen molar-refractivity contribution in [2.24, 2.45) is 0 Å². The van der Waals surface area contributed by atoms with Crippen LogP contribution >= 0.6 is 0 Å². The average Bonchev–Trinajstić information content (AvgIpc) is 3.16. The molecule has 10 heteroatoms. The Morgan fingerprint density at radius 1 is 1.18 bits per heavy atom. The highest BCUT2D eigenvalue weighted by Crippen LogP contribution is 2.29. The van der Waals surface area contributed by atoms with Crippen LogP contribution in [0, 0.1) is 5.82 Å². The Morgan fingerprint density at radius 2 is 1.93 bits per heavy atom. The Morgan fingerprint density at radius 3 is 2.61 bits per heavy atom. The number of hydrogen-bond donors (Lipinski definition) is 1. The Labute approximate surface area is 161 Å². The van der Waals surface area contributed by atoms with Gasteiger partial charge in [-0.25, -0.2) is 12.8 Å². The zero-order chi connectivity index (χ0) is 20.1. The predicted molar refractivity (Wildman–Crippen MR) is 99.1 cm³/mol. The van der Waals surface area contributed by atoms with Crippen LogP contribution in [0.15, 0.2) is 47.4 Å². The third-order valence-electron chi connectivity index (χ3n) is 4.02. The van der Waals surface area contributed by atoms with Gasteiger partial charge in [-0.05, 0) is 47.5 Å². The van der Waals surface area contributed by atoms with Gasteiger partial charge in [-0.2, -0.15) is 4.80 Å². The van der Waals surface area contributed by atoms with E-state index in [1.165, 1.54) is 36.2 Å². The normalized spacial score (nSPS) is 11.5. The average molecular weight is 406 g/mol. The first-order valence-electron chi connectivity index (χ1n) is 8.47. The lowest BCUT2D eigenvalue weighted by Gasteiger charge is -2.10. The maximum atomic E-state index is 13.0. The van der Waals surface area contributed by atoms with Gasteiger partial charge in [0.25, 0.3) is 0 Å². The molecule has 0 fully saturated rings. The fourth-order valence-corrected chi connectivity index (χ4v) is 4.06. The minimum atomic E-state index is -3.58. The van der Waals surface area contributed by atoms with Crippen LogP contribution in [-0.2, 0) is 16.4 Å². The molecule has 1 N–H and O–H groups in total. The molecule has 0 saturated heterocycles. The van der Waals surface area contributed by atoms with Gasteiger partial charge < -0.3 is 9.84 Å². The number of rotatable bonds is 8. The van der Waals surface area contributed by atoms with E-state index in [1.807, 2.05) is 0 Å². The van der Waals surface area contributed by atoms with E-state index in [4.69, 9.17) is 9.84 Å². The van der Waals surface area contributed by atoms with E-state index in [0.717, 1.165) is 5.56 Å². The molecule has 3 rings (SSSR count). The SMILES string of the molecule is COc1cc(-c2nnn(Cc3ccc(F)cc3)n2)ccc1S(=O)(=O)CCCO. The molecule has 1 aromatic heterocycles. The maximum absolute atomic E-state index is 13.0. The quantitative estimate of drug-likeness (QED) is 0.607. The number of benzene rings is 2. The lowest BCUT2D eigenvalue weighted by atomic mass is 10.2. The van der Waals surface area contributed by atoms with Gasteiger partial charge in [-0.3, -0.25) is 0 Å². The van der Waals surface area contributed by atoms with Crippen molar-refractivity contribution < 1.29 is 22.7 Å². The molecule has 0 bridgehead atoms. The van der Waals surface area contributed by atoms with Gasteiger partial charge >= 0.3 is 0 Å². The van der Waals surface area contributed by atoms with Crippen molar-refractivity contribution in [3.05, 3.63) is 53.8 Å². The first-order chi connectivity index (χ1) is 13.4. The minimum absolute atomic E-state index is 0.0471. The smallest absolute Gasteiger partial charge is 0.205 e. The second-order valence-corrected chi connectivity index (χ2v) is 8.11. The molecule has 8 nitrogen and oxygen atoms in total. The predicted octanol–water partition coefficient (Wildman–Crippen LogP) is 1.69. The number of hydrogen-bond acceptors (Lipinski definition) is 7. The third-order valence-corrected chi connectivity index (χ3v) is 5.85. The van der Waals surface area contributed by atoms with Crippen LogP contribution in [0.5, 0.6) is 5.75 Å². The van der Waals surface area contributed by atoms with E-state index in [0.29, 0.717) is 17.9 Å². The number of aliphatic hydroxyl groups excluding tert-OH is 1. The van der Waals surface area contributed by atoms with Gasteiger partial charge in [-0.1, -0.05) is 12.1 Å². The molecule has 0 aliphatic rings. The summed E-state index contributed by atoms with van der Waals surface area (Å²) in [5.74, 6) is -0.0205. The van der Waals surface area contributed by atoms with Crippen molar-refractivity contribution in [3.8, 4) is 17.1 Å². The van der Waals surface area contributed by atoms with E-state index in [9.17, 15) is 12.8 Å². The molecule has 0 atom stereocenters. The first kappa shape index (κ1) is 19.9. The molecule has 0 aliphatic heterocycles. The minimum Gasteiger partial charge on any atom is -0.495 e. The van der Waals surface area contributed by atoms with Gasteiger partial charge in [-0.15, -0.1) is 10.2 Å². The Hall–Kier alpha value is -2.85. The number of methoxy groups -OCH3 is 1. The third kappa shape index (κ3) is 4.52. The van der Waals surface area contributed by atoms with Crippen molar-refractivity contribution in [2.75, 3.05) is 19.5 Å². The van der Waals surface area contributed by atoms with Crippen molar-refractivity contribution in [1.29, 1.82) is 0 Å². The molecule has 3 aromatic rings. The first-order valence-corrected chi connectivity index (χ1v) is 10.1. The highest BCUT2D eigenvalue weighted by molar-refractivity contribution is 7.91. The summed E-state index contributed by atoms with van der Waals surface area (Å²) in [6.45, 7) is 0.110. The number of tetrazole rings is 1. The van der Waals surface area contributed by atoms with Crippen LogP contribution in [0.1, 0.15) is 12.0 Å². The van der Waals surface area contributed by atoms with E-state index in [2.05, 4.69) is 15.4 Å².